The molecule has 0 aliphatic heterocycles. The Kier molecular flexibility index (Phi) is 2.52. The zero-order valence-corrected chi connectivity index (χ0v) is 6.92. The maximum absolute atomic E-state index is 8.57. The van der Waals surface area contributed by atoms with Crippen LogP contribution in [-0.2, 0) is 4.74 Å². The van der Waals surface area contributed by atoms with Gasteiger partial charge >= 0.3 is 0 Å². The van der Waals surface area contributed by atoms with E-state index in [9.17, 15) is 0 Å². The summed E-state index contributed by atoms with van der Waals surface area (Å²) in [4.78, 5) is 0. The highest BCUT2D eigenvalue weighted by atomic mass is 16.5. The van der Waals surface area contributed by atoms with Crippen LogP contribution in [0.3, 0.4) is 0 Å². The van der Waals surface area contributed by atoms with Crippen molar-refractivity contribution < 1.29 is 9.94 Å². The molecule has 0 heterocycles. The highest BCUT2D eigenvalue weighted by molar-refractivity contribution is 6.00. The number of allylic oxidation sites excluding steroid dienone is 2. The van der Waals surface area contributed by atoms with Crippen molar-refractivity contribution in [1.29, 1.82) is 0 Å². The van der Waals surface area contributed by atoms with E-state index in [4.69, 9.17) is 9.94 Å². The molecule has 3 heteroatoms. The van der Waals surface area contributed by atoms with Crippen LogP contribution in [0.1, 0.15) is 26.2 Å². The first-order valence-corrected chi connectivity index (χ1v) is 3.74. The van der Waals surface area contributed by atoms with E-state index in [1.165, 1.54) is 0 Å². The minimum Gasteiger partial charge on any atom is -0.501 e. The fourth-order valence-corrected chi connectivity index (χ4v) is 1.33. The maximum Gasteiger partial charge on any atom is 0.100 e. The molecule has 0 radical (unpaired) electrons. The molecule has 1 N–H and O–H groups in total. The van der Waals surface area contributed by atoms with Gasteiger partial charge in [-0.05, 0) is 19.8 Å². The van der Waals surface area contributed by atoms with E-state index >= 15 is 0 Å². The molecule has 0 atom stereocenters. The first-order chi connectivity index (χ1) is 5.29. The molecule has 1 aliphatic carbocycles. The molecule has 0 unspecified atom stereocenters. The zero-order valence-electron chi connectivity index (χ0n) is 6.92. The first kappa shape index (κ1) is 8.11. The molecular weight excluding hydrogens is 142 g/mol. The Morgan fingerprint density at radius 3 is 2.73 bits per heavy atom. The molecule has 1 aliphatic rings. The lowest BCUT2D eigenvalue weighted by molar-refractivity contribution is 0.267. The van der Waals surface area contributed by atoms with E-state index in [0.717, 1.165) is 36.3 Å². The van der Waals surface area contributed by atoms with Crippen molar-refractivity contribution >= 4 is 5.71 Å². The normalized spacial score (nSPS) is 22.5. The van der Waals surface area contributed by atoms with Crippen molar-refractivity contribution in [2.75, 3.05) is 7.11 Å². The average molecular weight is 155 g/mol. The molecular formula is C8H13NO2. The van der Waals surface area contributed by atoms with E-state index in [0.29, 0.717) is 0 Å². The largest absolute Gasteiger partial charge is 0.501 e. The van der Waals surface area contributed by atoms with Gasteiger partial charge in [0.15, 0.2) is 0 Å². The highest BCUT2D eigenvalue weighted by Gasteiger charge is 2.15. The quantitative estimate of drug-likeness (QED) is 0.464. The molecule has 0 saturated heterocycles. The second kappa shape index (κ2) is 3.42. The Labute approximate surface area is 66.4 Å². The topological polar surface area (TPSA) is 41.8 Å². The third-order valence-electron chi connectivity index (χ3n) is 2.04. The standard InChI is InChI=1S/C8H13NO2/c1-6-7(9-10)4-3-5-8(6)11-2/h10H,3-5H2,1-2H3/b9-7+. The SMILES string of the molecule is COC1=C(C)/C(=N/O)CCC1. The molecule has 0 spiro atoms. The molecule has 62 valence electrons. The number of hydrogen-bond acceptors (Lipinski definition) is 3. The summed E-state index contributed by atoms with van der Waals surface area (Å²) in [6.45, 7) is 1.92. The van der Waals surface area contributed by atoms with Crippen LogP contribution in [0, 0.1) is 0 Å². The maximum atomic E-state index is 8.57. The van der Waals surface area contributed by atoms with Crippen molar-refractivity contribution in [2.24, 2.45) is 5.16 Å². The summed E-state index contributed by atoms with van der Waals surface area (Å²) >= 11 is 0. The van der Waals surface area contributed by atoms with Gasteiger partial charge in [-0.3, -0.25) is 0 Å². The third-order valence-corrected chi connectivity index (χ3v) is 2.04. The van der Waals surface area contributed by atoms with Gasteiger partial charge in [-0.1, -0.05) is 5.16 Å². The van der Waals surface area contributed by atoms with Crippen LogP contribution in [-0.4, -0.2) is 18.0 Å². The third kappa shape index (κ3) is 1.53. The van der Waals surface area contributed by atoms with Gasteiger partial charge in [-0.25, -0.2) is 0 Å². The number of oxime groups is 1. The lowest BCUT2D eigenvalue weighted by Gasteiger charge is -2.16. The number of hydrogen-bond donors (Lipinski definition) is 1. The van der Waals surface area contributed by atoms with E-state index in [-0.39, 0.29) is 0 Å². The smallest absolute Gasteiger partial charge is 0.100 e. The Morgan fingerprint density at radius 2 is 2.18 bits per heavy atom. The van der Waals surface area contributed by atoms with E-state index in [1.54, 1.807) is 7.11 Å². The van der Waals surface area contributed by atoms with Crippen LogP contribution >= 0.6 is 0 Å². The van der Waals surface area contributed by atoms with Crippen LogP contribution in [0.5, 0.6) is 0 Å². The summed E-state index contributed by atoms with van der Waals surface area (Å²) in [5, 5.41) is 11.8. The molecule has 1 rings (SSSR count). The summed E-state index contributed by atoms with van der Waals surface area (Å²) in [7, 11) is 1.65. The fourth-order valence-electron chi connectivity index (χ4n) is 1.33. The van der Waals surface area contributed by atoms with E-state index in [1.807, 2.05) is 6.92 Å². The van der Waals surface area contributed by atoms with Crippen molar-refractivity contribution in [1.82, 2.24) is 0 Å². The lowest BCUT2D eigenvalue weighted by atomic mass is 9.97. The Hall–Kier alpha value is -0.990. The Bertz CT molecular complexity index is 206. The summed E-state index contributed by atoms with van der Waals surface area (Å²) in [5.74, 6) is 0.948. The molecule has 0 bridgehead atoms. The molecule has 0 saturated carbocycles. The molecule has 3 nitrogen and oxygen atoms in total. The molecule has 0 amide bonds. The van der Waals surface area contributed by atoms with Gasteiger partial charge in [0.2, 0.25) is 0 Å². The Morgan fingerprint density at radius 1 is 1.45 bits per heavy atom. The molecule has 0 fully saturated rings. The summed E-state index contributed by atoms with van der Waals surface area (Å²) < 4.78 is 5.12. The van der Waals surface area contributed by atoms with Crippen molar-refractivity contribution in [2.45, 2.75) is 26.2 Å². The summed E-state index contributed by atoms with van der Waals surface area (Å²) in [6.07, 6.45) is 2.83. The minimum atomic E-state index is 0.758. The van der Waals surface area contributed by atoms with Crippen LogP contribution in [0.4, 0.5) is 0 Å². The second-order valence-corrected chi connectivity index (χ2v) is 2.65. The molecule has 0 aromatic heterocycles. The van der Waals surface area contributed by atoms with Gasteiger partial charge in [0.25, 0.3) is 0 Å². The minimum absolute atomic E-state index is 0.758. The fraction of sp³-hybridized carbons (Fsp3) is 0.625. The highest BCUT2D eigenvalue weighted by Crippen LogP contribution is 2.22. The molecule has 0 aromatic carbocycles. The first-order valence-electron chi connectivity index (χ1n) is 3.74. The van der Waals surface area contributed by atoms with Crippen LogP contribution < -0.4 is 0 Å². The van der Waals surface area contributed by atoms with Crippen molar-refractivity contribution in [3.05, 3.63) is 11.3 Å². The number of rotatable bonds is 1. The summed E-state index contributed by atoms with van der Waals surface area (Å²) in [6, 6.07) is 0. The van der Waals surface area contributed by atoms with E-state index in [2.05, 4.69) is 5.16 Å². The van der Waals surface area contributed by atoms with Crippen LogP contribution in [0.2, 0.25) is 0 Å². The van der Waals surface area contributed by atoms with Crippen LogP contribution in [0.25, 0.3) is 0 Å². The number of ether oxygens (including phenoxy) is 1. The van der Waals surface area contributed by atoms with Gasteiger partial charge in [0.1, 0.15) is 5.76 Å². The van der Waals surface area contributed by atoms with Crippen molar-refractivity contribution in [3.63, 3.8) is 0 Å². The van der Waals surface area contributed by atoms with Gasteiger partial charge in [0.05, 0.1) is 12.8 Å². The molecule has 0 aromatic rings. The predicted octanol–water partition coefficient (Wildman–Crippen LogP) is 1.92. The summed E-state index contributed by atoms with van der Waals surface area (Å²) in [5.41, 5.74) is 1.74. The lowest BCUT2D eigenvalue weighted by Crippen LogP contribution is -2.10. The zero-order chi connectivity index (χ0) is 8.27. The second-order valence-electron chi connectivity index (χ2n) is 2.65. The molecule has 11 heavy (non-hydrogen) atoms. The number of nitrogens with zero attached hydrogens (tertiary/aromatic N) is 1. The van der Waals surface area contributed by atoms with Crippen LogP contribution in [0.15, 0.2) is 16.5 Å². The number of methoxy groups -OCH3 is 1. The van der Waals surface area contributed by atoms with Crippen molar-refractivity contribution in [3.8, 4) is 0 Å². The predicted molar refractivity (Wildman–Crippen MR) is 42.8 cm³/mol. The van der Waals surface area contributed by atoms with E-state index < -0.39 is 0 Å². The Balaban J connectivity index is 2.89. The monoisotopic (exact) mass is 155 g/mol. The van der Waals surface area contributed by atoms with Gasteiger partial charge in [0, 0.05) is 12.0 Å². The van der Waals surface area contributed by atoms with Gasteiger partial charge in [-0.15, -0.1) is 0 Å². The van der Waals surface area contributed by atoms with Gasteiger partial charge < -0.3 is 9.94 Å². The average Bonchev–Trinajstić information content (AvgIpc) is 2.05. The van der Waals surface area contributed by atoms with Gasteiger partial charge in [-0.2, -0.15) is 0 Å².